The fourth-order valence-electron chi connectivity index (χ4n) is 2.54. The van der Waals surface area contributed by atoms with Gasteiger partial charge in [0, 0.05) is 6.54 Å². The first kappa shape index (κ1) is 8.55. The van der Waals surface area contributed by atoms with Crippen LogP contribution >= 0.6 is 0 Å². The molecule has 1 heteroatoms. The summed E-state index contributed by atoms with van der Waals surface area (Å²) in [7, 11) is 0. The van der Waals surface area contributed by atoms with Gasteiger partial charge >= 0.3 is 0 Å². The largest absolute Gasteiger partial charge is 0.303 e. The molecule has 1 saturated carbocycles. The van der Waals surface area contributed by atoms with Crippen LogP contribution in [0.15, 0.2) is 0 Å². The Bertz CT molecular complexity index is 121. The molecule has 1 saturated heterocycles. The van der Waals surface area contributed by atoms with Crippen LogP contribution in [0.2, 0.25) is 0 Å². The molecule has 0 aromatic carbocycles. The van der Waals surface area contributed by atoms with Crippen LogP contribution in [0.25, 0.3) is 0 Å². The van der Waals surface area contributed by atoms with Crippen LogP contribution in [-0.2, 0) is 0 Å². The van der Waals surface area contributed by atoms with Crippen molar-refractivity contribution in [3.63, 3.8) is 0 Å². The van der Waals surface area contributed by atoms with Gasteiger partial charge < -0.3 is 4.90 Å². The van der Waals surface area contributed by atoms with Gasteiger partial charge in [0.25, 0.3) is 0 Å². The highest BCUT2D eigenvalue weighted by atomic mass is 15.1. The van der Waals surface area contributed by atoms with E-state index >= 15 is 0 Å². The smallest absolute Gasteiger partial charge is 0.000966 e. The average Bonchev–Trinajstić information content (AvgIpc) is 2.59. The molecule has 0 aromatic heterocycles. The predicted octanol–water partition coefficient (Wildman–Crippen LogP) is 2.48. The first-order chi connectivity index (χ1) is 5.95. The van der Waals surface area contributed by atoms with Gasteiger partial charge in [-0.05, 0) is 51.1 Å². The molecule has 1 aliphatic carbocycles. The fourth-order valence-corrected chi connectivity index (χ4v) is 2.54. The van der Waals surface area contributed by atoms with Crippen molar-refractivity contribution in [2.45, 2.75) is 38.5 Å². The molecular weight excluding hydrogens is 146 g/mol. The molecule has 0 bridgehead atoms. The molecule has 0 atom stereocenters. The monoisotopic (exact) mass is 166 g/mol. The van der Waals surface area contributed by atoms with E-state index in [1.165, 1.54) is 58.2 Å². The number of rotatable bonds is 2. The summed E-state index contributed by atoms with van der Waals surface area (Å²) in [5, 5.41) is 0. The lowest BCUT2D eigenvalue weighted by atomic mass is 10.1. The topological polar surface area (TPSA) is 3.24 Å². The normalized spacial score (nSPS) is 28.0. The number of hydrogen-bond acceptors (Lipinski definition) is 1. The van der Waals surface area contributed by atoms with Crippen LogP contribution in [0.5, 0.6) is 0 Å². The van der Waals surface area contributed by atoms with Gasteiger partial charge in [-0.25, -0.2) is 0 Å². The van der Waals surface area contributed by atoms with Gasteiger partial charge in [-0.15, -0.1) is 0 Å². The van der Waals surface area contributed by atoms with Crippen LogP contribution < -0.4 is 0 Å². The van der Waals surface area contributed by atoms with Crippen molar-refractivity contribution in [1.29, 1.82) is 0 Å². The predicted molar refractivity (Wildman–Crippen MR) is 51.9 cm³/mol. The van der Waals surface area contributed by atoms with Gasteiger partial charge in [0.05, 0.1) is 0 Å². The van der Waals surface area contributed by atoms with E-state index in [1.54, 1.807) is 0 Å². The minimum atomic E-state index is 1.04. The van der Waals surface area contributed by atoms with Crippen molar-refractivity contribution >= 4 is 0 Å². The molecule has 2 fully saturated rings. The Morgan fingerprint density at radius 1 is 1.08 bits per heavy atom. The van der Waals surface area contributed by atoms with Gasteiger partial charge in [0.15, 0.2) is 0 Å². The number of nitrogens with zero attached hydrogens (tertiary/aromatic N) is 1. The molecule has 0 unspecified atom stereocenters. The third-order valence-electron chi connectivity index (χ3n) is 3.29. The number of piperidine rings is 1. The summed E-state index contributed by atoms with van der Waals surface area (Å²) >= 11 is 0. The van der Waals surface area contributed by atoms with E-state index in [4.69, 9.17) is 0 Å². The van der Waals surface area contributed by atoms with Crippen molar-refractivity contribution < 1.29 is 0 Å². The Kier molecular flexibility index (Phi) is 3.04. The van der Waals surface area contributed by atoms with Crippen molar-refractivity contribution in [3.05, 3.63) is 6.42 Å². The maximum Gasteiger partial charge on any atom is 0.000966 e. The molecule has 12 heavy (non-hydrogen) atoms. The molecule has 1 radical (unpaired) electrons. The standard InChI is InChI=1S/C11H20N/c1-4-8-12(9-5-1)10-11-6-2-3-7-11/h1,11H,2-10H2. The molecule has 1 heterocycles. The first-order valence-electron chi connectivity index (χ1n) is 5.49. The van der Waals surface area contributed by atoms with Crippen LogP contribution in [0, 0.1) is 12.3 Å². The minimum Gasteiger partial charge on any atom is -0.303 e. The van der Waals surface area contributed by atoms with Crippen molar-refractivity contribution in [2.24, 2.45) is 5.92 Å². The van der Waals surface area contributed by atoms with E-state index in [9.17, 15) is 0 Å². The number of likely N-dealkylation sites (tertiary alicyclic amines) is 1. The van der Waals surface area contributed by atoms with Gasteiger partial charge in [0.2, 0.25) is 0 Å². The summed E-state index contributed by atoms with van der Waals surface area (Å²) in [6, 6.07) is 0. The van der Waals surface area contributed by atoms with Crippen LogP contribution in [0.4, 0.5) is 0 Å². The molecule has 69 valence electrons. The summed E-state index contributed by atoms with van der Waals surface area (Å²) in [6.45, 7) is 4.06. The Morgan fingerprint density at radius 2 is 1.75 bits per heavy atom. The van der Waals surface area contributed by atoms with Crippen LogP contribution in [-0.4, -0.2) is 24.5 Å². The molecule has 1 aliphatic heterocycles. The zero-order chi connectivity index (χ0) is 8.23. The molecule has 2 rings (SSSR count). The lowest BCUT2D eigenvalue weighted by molar-refractivity contribution is 0.216. The van der Waals surface area contributed by atoms with Gasteiger partial charge in [-0.3, -0.25) is 0 Å². The Balaban J connectivity index is 1.69. The lowest BCUT2D eigenvalue weighted by Crippen LogP contribution is -2.33. The molecule has 0 spiro atoms. The Labute approximate surface area is 76.1 Å². The Morgan fingerprint density at radius 3 is 2.42 bits per heavy atom. The van der Waals surface area contributed by atoms with Crippen LogP contribution in [0.1, 0.15) is 38.5 Å². The second kappa shape index (κ2) is 4.27. The average molecular weight is 166 g/mol. The van der Waals surface area contributed by atoms with Gasteiger partial charge in [0.1, 0.15) is 0 Å². The highest BCUT2D eigenvalue weighted by molar-refractivity contribution is 4.79. The molecular formula is C11H20N. The Hall–Kier alpha value is -0.0400. The molecule has 1 nitrogen and oxygen atoms in total. The zero-order valence-corrected chi connectivity index (χ0v) is 7.97. The third kappa shape index (κ3) is 2.22. The molecule has 2 aliphatic rings. The first-order valence-corrected chi connectivity index (χ1v) is 5.49. The number of hydrogen-bond donors (Lipinski definition) is 0. The van der Waals surface area contributed by atoms with Crippen molar-refractivity contribution in [3.8, 4) is 0 Å². The van der Waals surface area contributed by atoms with Gasteiger partial charge in [-0.2, -0.15) is 0 Å². The summed E-state index contributed by atoms with van der Waals surface area (Å²) in [6.07, 6.45) is 11.1. The van der Waals surface area contributed by atoms with E-state index in [2.05, 4.69) is 11.3 Å². The summed E-state index contributed by atoms with van der Waals surface area (Å²) < 4.78 is 0. The van der Waals surface area contributed by atoms with E-state index in [0.29, 0.717) is 0 Å². The fraction of sp³-hybridized carbons (Fsp3) is 0.909. The summed E-state index contributed by atoms with van der Waals surface area (Å²) in [5.74, 6) is 1.04. The molecule has 0 aromatic rings. The maximum absolute atomic E-state index is 2.66. The van der Waals surface area contributed by atoms with E-state index < -0.39 is 0 Å². The van der Waals surface area contributed by atoms with Crippen molar-refractivity contribution in [1.82, 2.24) is 4.90 Å². The highest BCUT2D eigenvalue weighted by Crippen LogP contribution is 2.26. The lowest BCUT2D eigenvalue weighted by Gasteiger charge is -2.28. The quantitative estimate of drug-likeness (QED) is 0.609. The maximum atomic E-state index is 2.66. The summed E-state index contributed by atoms with van der Waals surface area (Å²) in [4.78, 5) is 2.66. The molecule has 0 amide bonds. The second-order valence-electron chi connectivity index (χ2n) is 4.32. The minimum absolute atomic E-state index is 1.04. The van der Waals surface area contributed by atoms with Crippen molar-refractivity contribution in [2.75, 3.05) is 19.6 Å². The van der Waals surface area contributed by atoms with Crippen LogP contribution in [0.3, 0.4) is 0 Å². The van der Waals surface area contributed by atoms with E-state index in [0.717, 1.165) is 5.92 Å². The van der Waals surface area contributed by atoms with E-state index in [1.807, 2.05) is 0 Å². The summed E-state index contributed by atoms with van der Waals surface area (Å²) in [5.41, 5.74) is 0. The zero-order valence-electron chi connectivity index (χ0n) is 7.97. The van der Waals surface area contributed by atoms with Gasteiger partial charge in [-0.1, -0.05) is 12.8 Å². The SMILES string of the molecule is [CH]1CCN(CC2CCCC2)CC1. The third-order valence-corrected chi connectivity index (χ3v) is 3.29. The molecule has 0 N–H and O–H groups in total. The van der Waals surface area contributed by atoms with E-state index in [-0.39, 0.29) is 0 Å². The second-order valence-corrected chi connectivity index (χ2v) is 4.32. The highest BCUT2D eigenvalue weighted by Gasteiger charge is 2.19.